The highest BCUT2D eigenvalue weighted by Gasteiger charge is 2.31. The number of rotatable bonds is 10. The third-order valence-corrected chi connectivity index (χ3v) is 7.31. The summed E-state index contributed by atoms with van der Waals surface area (Å²) in [4.78, 5) is 24.2. The van der Waals surface area contributed by atoms with E-state index in [1.54, 1.807) is 16.7 Å². The maximum Gasteiger partial charge on any atom is 0.573 e. The smallest absolute Gasteiger partial charge is 0.481 e. The molecule has 1 fully saturated rings. The van der Waals surface area contributed by atoms with Gasteiger partial charge in [0.1, 0.15) is 17.2 Å². The first-order valence-electron chi connectivity index (χ1n) is 13.6. The highest BCUT2D eigenvalue weighted by Crippen LogP contribution is 2.35. The van der Waals surface area contributed by atoms with Crippen LogP contribution in [0.5, 0.6) is 17.2 Å². The third-order valence-electron chi connectivity index (χ3n) is 7.31. The van der Waals surface area contributed by atoms with Crippen LogP contribution in [0, 0.1) is 5.92 Å². The zero-order valence-electron chi connectivity index (χ0n) is 22.5. The van der Waals surface area contributed by atoms with Crippen molar-refractivity contribution in [2.45, 2.75) is 44.9 Å². The van der Waals surface area contributed by atoms with Crippen LogP contribution in [0.3, 0.4) is 0 Å². The SMILES string of the molecule is O=C(O)Cc1c(C(=O)O)c2cc(Oc3ccc(OC(F)(F)F)cc3)ccc2n1-c1ccc(NCC2CCCCC2)cc1. The quantitative estimate of drug-likeness (QED) is 0.176. The van der Waals surface area contributed by atoms with E-state index in [-0.39, 0.29) is 28.1 Å². The number of nitrogens with zero attached hydrogens (tertiary/aromatic N) is 1. The molecule has 1 aliphatic rings. The number of aromatic nitrogens is 1. The van der Waals surface area contributed by atoms with Crippen LogP contribution in [-0.4, -0.2) is 39.6 Å². The number of aromatic carboxylic acids is 1. The summed E-state index contributed by atoms with van der Waals surface area (Å²) in [6, 6.07) is 16.8. The average Bonchev–Trinajstić information content (AvgIpc) is 3.25. The number of anilines is 1. The molecule has 1 heterocycles. The lowest BCUT2D eigenvalue weighted by atomic mass is 9.89. The second kappa shape index (κ2) is 12.1. The number of carbonyl (C=O) groups is 2. The summed E-state index contributed by atoms with van der Waals surface area (Å²) in [6.45, 7) is 0.875. The Kier molecular flexibility index (Phi) is 8.28. The molecule has 0 unspecified atom stereocenters. The van der Waals surface area contributed by atoms with Crippen molar-refractivity contribution in [2.24, 2.45) is 5.92 Å². The molecule has 3 N–H and O–H groups in total. The van der Waals surface area contributed by atoms with Gasteiger partial charge in [0.2, 0.25) is 0 Å². The van der Waals surface area contributed by atoms with E-state index < -0.39 is 30.5 Å². The highest BCUT2D eigenvalue weighted by atomic mass is 19.4. The summed E-state index contributed by atoms with van der Waals surface area (Å²) < 4.78 is 48.6. The monoisotopic (exact) mass is 582 g/mol. The lowest BCUT2D eigenvalue weighted by Gasteiger charge is -2.22. The number of fused-ring (bicyclic) bond motifs is 1. The van der Waals surface area contributed by atoms with E-state index in [9.17, 15) is 33.0 Å². The number of hydrogen-bond donors (Lipinski definition) is 3. The van der Waals surface area contributed by atoms with Crippen molar-refractivity contribution in [1.82, 2.24) is 4.57 Å². The number of carboxylic acids is 2. The van der Waals surface area contributed by atoms with Crippen LogP contribution in [0.4, 0.5) is 18.9 Å². The third kappa shape index (κ3) is 6.79. The zero-order chi connectivity index (χ0) is 29.9. The average molecular weight is 583 g/mol. The van der Waals surface area contributed by atoms with Crippen molar-refractivity contribution in [1.29, 1.82) is 0 Å². The van der Waals surface area contributed by atoms with Crippen molar-refractivity contribution in [2.75, 3.05) is 11.9 Å². The molecule has 8 nitrogen and oxygen atoms in total. The Balaban J connectivity index is 1.46. The van der Waals surface area contributed by atoms with E-state index in [2.05, 4.69) is 10.1 Å². The second-order valence-electron chi connectivity index (χ2n) is 10.3. The number of nitrogens with one attached hydrogen (secondary N) is 1. The fourth-order valence-corrected chi connectivity index (χ4v) is 5.46. The van der Waals surface area contributed by atoms with Gasteiger partial charge in [-0.2, -0.15) is 0 Å². The van der Waals surface area contributed by atoms with Crippen molar-refractivity contribution >= 4 is 28.5 Å². The molecule has 0 bridgehead atoms. The van der Waals surface area contributed by atoms with E-state index >= 15 is 0 Å². The van der Waals surface area contributed by atoms with Gasteiger partial charge in [0.15, 0.2) is 0 Å². The van der Waals surface area contributed by atoms with Crippen molar-refractivity contribution in [3.05, 3.63) is 78.0 Å². The molecule has 0 radical (unpaired) electrons. The van der Waals surface area contributed by atoms with Crippen LogP contribution in [-0.2, 0) is 11.2 Å². The minimum Gasteiger partial charge on any atom is -0.481 e. The lowest BCUT2D eigenvalue weighted by Crippen LogP contribution is -2.17. The molecule has 4 aromatic rings. The van der Waals surface area contributed by atoms with Gasteiger partial charge < -0.3 is 29.6 Å². The number of aliphatic carboxylic acids is 1. The molecular weight excluding hydrogens is 553 g/mol. The van der Waals surface area contributed by atoms with Crippen molar-refractivity contribution < 1.29 is 42.4 Å². The molecule has 1 aliphatic carbocycles. The minimum atomic E-state index is -4.83. The standard InChI is InChI=1S/C31H29F3N2O6/c32-31(33,34)42-23-12-10-22(11-13-23)41-24-14-15-26-25(16-24)29(30(39)40)27(17-28(37)38)36(26)21-8-6-20(7-9-21)35-18-19-4-2-1-3-5-19/h6-16,19,35H,1-5,17-18H2,(H,37,38)(H,39,40). The molecule has 5 rings (SSSR count). The van der Waals surface area contributed by atoms with Gasteiger partial charge in [-0.3, -0.25) is 4.79 Å². The minimum absolute atomic E-state index is 0.0960. The van der Waals surface area contributed by atoms with Crippen LogP contribution >= 0.6 is 0 Å². The summed E-state index contributed by atoms with van der Waals surface area (Å²) in [5.74, 6) is -1.85. The van der Waals surface area contributed by atoms with Gasteiger partial charge in [0, 0.05) is 29.0 Å². The van der Waals surface area contributed by atoms with Gasteiger partial charge in [-0.15, -0.1) is 13.2 Å². The van der Waals surface area contributed by atoms with Crippen LogP contribution in [0.15, 0.2) is 66.7 Å². The van der Waals surface area contributed by atoms with E-state index in [1.807, 2.05) is 24.3 Å². The van der Waals surface area contributed by atoms with Gasteiger partial charge in [-0.1, -0.05) is 19.3 Å². The van der Waals surface area contributed by atoms with E-state index in [0.29, 0.717) is 17.1 Å². The summed E-state index contributed by atoms with van der Waals surface area (Å²) >= 11 is 0. The second-order valence-corrected chi connectivity index (χ2v) is 10.3. The molecule has 11 heteroatoms. The molecule has 1 saturated carbocycles. The normalized spacial score (nSPS) is 14.1. The van der Waals surface area contributed by atoms with E-state index in [1.165, 1.54) is 50.3 Å². The predicted octanol–water partition coefficient (Wildman–Crippen LogP) is 7.64. The molecule has 220 valence electrons. The Bertz CT molecular complexity index is 1570. The summed E-state index contributed by atoms with van der Waals surface area (Å²) in [7, 11) is 0. The van der Waals surface area contributed by atoms with Gasteiger partial charge in [-0.25, -0.2) is 4.79 Å². The van der Waals surface area contributed by atoms with Gasteiger partial charge in [0.25, 0.3) is 0 Å². The summed E-state index contributed by atoms with van der Waals surface area (Å²) in [6.07, 6.45) is 0.845. The Morgan fingerprint density at radius 1 is 0.881 bits per heavy atom. The van der Waals surface area contributed by atoms with Crippen LogP contribution in [0.1, 0.15) is 48.2 Å². The first-order chi connectivity index (χ1) is 20.1. The van der Waals surface area contributed by atoms with Gasteiger partial charge in [0.05, 0.1) is 17.5 Å². The molecule has 0 spiro atoms. The van der Waals surface area contributed by atoms with Crippen LogP contribution < -0.4 is 14.8 Å². The molecule has 0 amide bonds. The van der Waals surface area contributed by atoms with E-state index in [0.717, 1.165) is 24.4 Å². The number of hydrogen-bond acceptors (Lipinski definition) is 5. The van der Waals surface area contributed by atoms with Crippen LogP contribution in [0.2, 0.25) is 0 Å². The van der Waals surface area contributed by atoms with Crippen molar-refractivity contribution in [3.8, 4) is 22.9 Å². The number of carboxylic acid groups (broad SMARTS) is 2. The zero-order valence-corrected chi connectivity index (χ0v) is 22.5. The van der Waals surface area contributed by atoms with E-state index in [4.69, 9.17) is 4.74 Å². The fraction of sp³-hybridized carbons (Fsp3) is 0.290. The first-order valence-corrected chi connectivity index (χ1v) is 13.6. The Hall–Kier alpha value is -4.67. The lowest BCUT2D eigenvalue weighted by molar-refractivity contribution is -0.274. The molecule has 1 aromatic heterocycles. The predicted molar refractivity (Wildman–Crippen MR) is 150 cm³/mol. The Labute approximate surface area is 239 Å². The maximum absolute atomic E-state index is 12.5. The Morgan fingerprint density at radius 2 is 1.52 bits per heavy atom. The van der Waals surface area contributed by atoms with Gasteiger partial charge in [-0.05, 0) is 85.5 Å². The molecule has 0 atom stereocenters. The highest BCUT2D eigenvalue weighted by molar-refractivity contribution is 6.07. The topological polar surface area (TPSA) is 110 Å². The number of halogens is 3. The largest absolute Gasteiger partial charge is 0.573 e. The number of ether oxygens (including phenoxy) is 2. The number of benzene rings is 3. The summed E-state index contributed by atoms with van der Waals surface area (Å²) in [5.41, 5.74) is 1.90. The fourth-order valence-electron chi connectivity index (χ4n) is 5.46. The Morgan fingerprint density at radius 3 is 2.14 bits per heavy atom. The maximum atomic E-state index is 12.5. The molecule has 42 heavy (non-hydrogen) atoms. The summed E-state index contributed by atoms with van der Waals surface area (Å²) in [5, 5.41) is 23.5. The molecular formula is C31H29F3N2O6. The molecule has 0 saturated heterocycles. The van der Waals surface area contributed by atoms with Gasteiger partial charge >= 0.3 is 18.3 Å². The molecule has 3 aromatic carbocycles. The number of alkyl halides is 3. The molecule has 0 aliphatic heterocycles. The first kappa shape index (κ1) is 28.8. The van der Waals surface area contributed by atoms with Crippen molar-refractivity contribution in [3.63, 3.8) is 0 Å². The van der Waals surface area contributed by atoms with Crippen LogP contribution in [0.25, 0.3) is 16.6 Å².